The molecule has 6 rings (SSSR count). The number of fused-ring (bicyclic) bond motifs is 2. The summed E-state index contributed by atoms with van der Waals surface area (Å²) in [5.41, 5.74) is 3.15. The number of hydrogen-bond acceptors (Lipinski definition) is 7. The number of hydrogen-bond donors (Lipinski definition) is 2. The van der Waals surface area contributed by atoms with Crippen molar-refractivity contribution in [2.75, 3.05) is 11.9 Å². The average Bonchev–Trinajstić information content (AvgIpc) is 3.65. The summed E-state index contributed by atoms with van der Waals surface area (Å²) in [6.07, 6.45) is 9.13. The molecule has 0 saturated heterocycles. The molecule has 8 nitrogen and oxygen atoms in total. The number of thiophene rings is 1. The molecule has 4 aromatic rings. The molecule has 36 heavy (non-hydrogen) atoms. The van der Waals surface area contributed by atoms with E-state index in [0.717, 1.165) is 38.4 Å². The molecular formula is C27H24N6O2S. The van der Waals surface area contributed by atoms with Crippen LogP contribution in [-0.2, 0) is 17.8 Å². The van der Waals surface area contributed by atoms with Gasteiger partial charge < -0.3 is 10.6 Å². The van der Waals surface area contributed by atoms with Gasteiger partial charge >= 0.3 is 0 Å². The Morgan fingerprint density at radius 1 is 1.14 bits per heavy atom. The molecule has 0 radical (unpaired) electrons. The van der Waals surface area contributed by atoms with Crippen LogP contribution in [0, 0.1) is 0 Å². The van der Waals surface area contributed by atoms with Crippen LogP contribution >= 0.6 is 11.3 Å². The van der Waals surface area contributed by atoms with Crippen molar-refractivity contribution in [2.45, 2.75) is 31.8 Å². The number of carbonyl (C=O) groups is 1. The lowest BCUT2D eigenvalue weighted by Crippen LogP contribution is -2.36. The highest BCUT2D eigenvalue weighted by Crippen LogP contribution is 2.26. The average molecular weight is 497 g/mol. The molecule has 1 atom stereocenters. The molecule has 0 fully saturated rings. The van der Waals surface area contributed by atoms with E-state index >= 15 is 0 Å². The number of benzene rings is 1. The predicted molar refractivity (Wildman–Crippen MR) is 141 cm³/mol. The van der Waals surface area contributed by atoms with Gasteiger partial charge in [0, 0.05) is 40.2 Å². The quantitative estimate of drug-likeness (QED) is 0.405. The summed E-state index contributed by atoms with van der Waals surface area (Å²) in [4.78, 5) is 40.7. The van der Waals surface area contributed by atoms with Crippen LogP contribution in [0.2, 0.25) is 0 Å². The first-order valence-electron chi connectivity index (χ1n) is 11.9. The summed E-state index contributed by atoms with van der Waals surface area (Å²) < 4.78 is 2.67. The van der Waals surface area contributed by atoms with Gasteiger partial charge in [0.2, 0.25) is 5.91 Å². The van der Waals surface area contributed by atoms with E-state index < -0.39 is 6.04 Å². The summed E-state index contributed by atoms with van der Waals surface area (Å²) in [7, 11) is 0. The number of carbonyl (C=O) groups excluding carboxylic acids is 1. The second-order valence-electron chi connectivity index (χ2n) is 8.84. The van der Waals surface area contributed by atoms with E-state index in [2.05, 4.69) is 26.7 Å². The molecule has 3 aromatic heterocycles. The minimum atomic E-state index is -0.564. The smallest absolute Gasteiger partial charge is 0.277 e. The molecule has 2 aliphatic heterocycles. The lowest BCUT2D eigenvalue weighted by atomic mass is 10.1. The third-order valence-corrected chi connectivity index (χ3v) is 7.62. The van der Waals surface area contributed by atoms with Crippen molar-refractivity contribution in [1.82, 2.24) is 19.9 Å². The van der Waals surface area contributed by atoms with Gasteiger partial charge in [-0.3, -0.25) is 24.1 Å². The Hall–Kier alpha value is -4.11. The van der Waals surface area contributed by atoms with Gasteiger partial charge in [0.25, 0.3) is 5.56 Å². The summed E-state index contributed by atoms with van der Waals surface area (Å²) in [6.45, 7) is 0.838. The first-order chi connectivity index (χ1) is 17.7. The fraction of sp³-hybridized carbons (Fsp3) is 0.222. The fourth-order valence-electron chi connectivity index (χ4n) is 4.68. The lowest BCUT2D eigenvalue weighted by molar-refractivity contribution is -0.124. The number of aliphatic imine (C=N–C) groups is 1. The molecular weight excluding hydrogens is 472 g/mol. The maximum atomic E-state index is 13.3. The molecule has 5 heterocycles. The Bertz CT molecular complexity index is 1540. The van der Waals surface area contributed by atoms with Crippen molar-refractivity contribution in [2.24, 2.45) is 4.99 Å². The van der Waals surface area contributed by atoms with E-state index in [9.17, 15) is 9.59 Å². The Morgan fingerprint density at radius 3 is 2.89 bits per heavy atom. The molecule has 2 N–H and O–H groups in total. The van der Waals surface area contributed by atoms with Crippen LogP contribution in [0.25, 0.3) is 10.1 Å². The van der Waals surface area contributed by atoms with E-state index in [0.29, 0.717) is 37.4 Å². The highest BCUT2D eigenvalue weighted by atomic mass is 32.1. The van der Waals surface area contributed by atoms with Crippen molar-refractivity contribution in [3.05, 3.63) is 99.4 Å². The van der Waals surface area contributed by atoms with Gasteiger partial charge in [-0.15, -0.1) is 11.3 Å². The normalized spacial score (nSPS) is 16.5. The number of anilines is 1. The Kier molecular flexibility index (Phi) is 5.90. The maximum Gasteiger partial charge on any atom is 0.277 e. The first kappa shape index (κ1) is 22.4. The number of allylic oxidation sites excluding steroid dienone is 1. The molecule has 180 valence electrons. The molecule has 1 unspecified atom stereocenters. The number of aromatic nitrogens is 3. The fourth-order valence-corrected chi connectivity index (χ4v) is 5.65. The lowest BCUT2D eigenvalue weighted by Gasteiger charge is -2.15. The monoisotopic (exact) mass is 496 g/mol. The van der Waals surface area contributed by atoms with Gasteiger partial charge in [-0.2, -0.15) is 0 Å². The molecule has 9 heteroatoms. The van der Waals surface area contributed by atoms with Crippen molar-refractivity contribution in [1.29, 1.82) is 0 Å². The molecule has 0 bridgehead atoms. The standard InChI is InChI=1S/C27H24N6O2S/c34-26(31-15-20-12-18-13-28-11-10-24(18)36-20)23-8-9-25-30-16-22(27(35)33(23)25)29-14-19-6-7-21(32-19)17-4-2-1-3-5-17/h1-6,10-13,16,23,29H,7-9,14-15H2,(H,31,34). The minimum Gasteiger partial charge on any atom is -0.374 e. The molecule has 1 aromatic carbocycles. The van der Waals surface area contributed by atoms with Crippen LogP contribution in [0.1, 0.15) is 35.1 Å². The van der Waals surface area contributed by atoms with Crippen LogP contribution < -0.4 is 16.2 Å². The summed E-state index contributed by atoms with van der Waals surface area (Å²) in [5.74, 6) is 0.476. The second-order valence-corrected chi connectivity index (χ2v) is 10.0. The first-order valence-corrected chi connectivity index (χ1v) is 12.7. The number of rotatable bonds is 7. The number of nitrogens with zero attached hydrogens (tertiary/aromatic N) is 4. The molecule has 0 aliphatic carbocycles. The van der Waals surface area contributed by atoms with Crippen LogP contribution in [0.4, 0.5) is 5.69 Å². The predicted octanol–water partition coefficient (Wildman–Crippen LogP) is 3.85. The number of nitrogens with one attached hydrogen (secondary N) is 2. The Morgan fingerprint density at radius 2 is 2.03 bits per heavy atom. The van der Waals surface area contributed by atoms with E-state index in [4.69, 9.17) is 4.99 Å². The topological polar surface area (TPSA) is 101 Å². The van der Waals surface area contributed by atoms with Crippen molar-refractivity contribution in [3.8, 4) is 0 Å². The van der Waals surface area contributed by atoms with E-state index in [-0.39, 0.29) is 11.5 Å². The zero-order valence-electron chi connectivity index (χ0n) is 19.5. The zero-order valence-corrected chi connectivity index (χ0v) is 20.3. The number of pyridine rings is 1. The van der Waals surface area contributed by atoms with Crippen LogP contribution in [-0.4, -0.2) is 32.7 Å². The molecule has 0 spiro atoms. The summed E-state index contributed by atoms with van der Waals surface area (Å²) in [5, 5.41) is 7.25. The molecule has 2 aliphatic rings. The molecule has 1 amide bonds. The van der Waals surface area contributed by atoms with Crippen molar-refractivity contribution < 1.29 is 4.79 Å². The highest BCUT2D eigenvalue weighted by molar-refractivity contribution is 7.19. The van der Waals surface area contributed by atoms with Gasteiger partial charge in [-0.25, -0.2) is 4.98 Å². The number of amides is 1. The van der Waals surface area contributed by atoms with E-state index in [1.54, 1.807) is 23.7 Å². The van der Waals surface area contributed by atoms with Crippen LogP contribution in [0.3, 0.4) is 0 Å². The maximum absolute atomic E-state index is 13.3. The zero-order chi connectivity index (χ0) is 24.5. The highest BCUT2D eigenvalue weighted by Gasteiger charge is 2.31. The Balaban J connectivity index is 1.13. The van der Waals surface area contributed by atoms with Crippen LogP contribution in [0.15, 0.2) is 82.6 Å². The van der Waals surface area contributed by atoms with Crippen molar-refractivity contribution >= 4 is 38.7 Å². The van der Waals surface area contributed by atoms with E-state index in [1.807, 2.05) is 48.7 Å². The van der Waals surface area contributed by atoms with Crippen molar-refractivity contribution in [3.63, 3.8) is 0 Å². The van der Waals surface area contributed by atoms with E-state index in [1.165, 1.54) is 4.57 Å². The minimum absolute atomic E-state index is 0.166. The van der Waals surface area contributed by atoms with Gasteiger partial charge in [0.1, 0.15) is 17.6 Å². The van der Waals surface area contributed by atoms with Gasteiger partial charge in [-0.1, -0.05) is 36.4 Å². The molecule has 0 saturated carbocycles. The van der Waals surface area contributed by atoms with Gasteiger partial charge in [0.05, 0.1) is 30.7 Å². The third-order valence-electron chi connectivity index (χ3n) is 6.51. The second kappa shape index (κ2) is 9.50. The van der Waals surface area contributed by atoms with Crippen LogP contribution in [0.5, 0.6) is 0 Å². The Labute approximate surface area is 211 Å². The third kappa shape index (κ3) is 4.33. The summed E-state index contributed by atoms with van der Waals surface area (Å²) in [6, 6.07) is 13.5. The largest absolute Gasteiger partial charge is 0.374 e. The SMILES string of the molecule is O=C(NCc1cc2cnccc2s1)C1CCc2ncc(NCC3=CCC(c4ccccc4)=N3)c(=O)n21. The number of aryl methyl sites for hydroxylation is 1. The van der Waals surface area contributed by atoms with Gasteiger partial charge in [-0.05, 0) is 24.1 Å². The summed E-state index contributed by atoms with van der Waals surface area (Å²) >= 11 is 1.63. The van der Waals surface area contributed by atoms with Gasteiger partial charge in [0.15, 0.2) is 0 Å².